The molecule has 0 aliphatic carbocycles. The van der Waals surface area contributed by atoms with Gasteiger partial charge in [-0.1, -0.05) is 31.1 Å². The van der Waals surface area contributed by atoms with Gasteiger partial charge in [-0.15, -0.1) is 0 Å². The van der Waals surface area contributed by atoms with Crippen LogP contribution in [-0.2, 0) is 14.8 Å². The summed E-state index contributed by atoms with van der Waals surface area (Å²) in [6.07, 6.45) is 0.951. The van der Waals surface area contributed by atoms with E-state index < -0.39 is 10.0 Å². The molecular formula is C24H36N4O5S. The van der Waals surface area contributed by atoms with Gasteiger partial charge in [-0.3, -0.25) is 9.69 Å². The summed E-state index contributed by atoms with van der Waals surface area (Å²) in [4.78, 5) is 15.4. The number of nitrogens with one attached hydrogen (secondary N) is 1. The number of carbonyl (C=O) groups excluding carboxylic acids is 1. The van der Waals surface area contributed by atoms with E-state index in [4.69, 9.17) is 9.26 Å². The Hall–Kier alpha value is -2.43. The smallest absolute Gasteiger partial charge is 0.248 e. The molecule has 1 aliphatic heterocycles. The third-order valence-electron chi connectivity index (χ3n) is 6.59. The minimum atomic E-state index is -3.69. The molecule has 1 unspecified atom stereocenters. The van der Waals surface area contributed by atoms with Crippen molar-refractivity contribution >= 4 is 15.9 Å². The molecule has 2 aromatic rings. The molecule has 1 aromatic heterocycles. The number of likely N-dealkylation sites (N-methyl/N-ethyl adjacent to an activating group) is 1. The fourth-order valence-electron chi connectivity index (χ4n) is 4.64. The molecule has 1 aliphatic rings. The van der Waals surface area contributed by atoms with Crippen molar-refractivity contribution in [3.05, 3.63) is 41.3 Å². The van der Waals surface area contributed by atoms with Crippen LogP contribution in [0.2, 0.25) is 0 Å². The lowest BCUT2D eigenvalue weighted by Gasteiger charge is -2.33. The molecule has 0 bridgehead atoms. The van der Waals surface area contributed by atoms with Crippen molar-refractivity contribution in [3.8, 4) is 5.75 Å². The number of sulfonamides is 1. The second-order valence-electron chi connectivity index (χ2n) is 8.59. The van der Waals surface area contributed by atoms with Crippen LogP contribution in [0.3, 0.4) is 0 Å². The molecule has 1 aromatic carbocycles. The zero-order valence-electron chi connectivity index (χ0n) is 20.7. The highest BCUT2D eigenvalue weighted by atomic mass is 32.2. The number of hydrogen-bond donors (Lipinski definition) is 1. The Morgan fingerprint density at radius 1 is 1.26 bits per heavy atom. The third-order valence-corrected chi connectivity index (χ3v) is 8.74. The van der Waals surface area contributed by atoms with Crippen molar-refractivity contribution in [3.63, 3.8) is 0 Å². The van der Waals surface area contributed by atoms with Crippen molar-refractivity contribution in [2.75, 3.05) is 39.8 Å². The number of carbonyl (C=O) groups is 1. The van der Waals surface area contributed by atoms with Gasteiger partial charge in [-0.25, -0.2) is 8.42 Å². The monoisotopic (exact) mass is 492 g/mol. The molecule has 1 amide bonds. The van der Waals surface area contributed by atoms with E-state index in [1.54, 1.807) is 21.0 Å². The maximum absolute atomic E-state index is 13.0. The first kappa shape index (κ1) is 26.2. The lowest BCUT2D eigenvalue weighted by Crippen LogP contribution is -2.45. The summed E-state index contributed by atoms with van der Waals surface area (Å²) in [6, 6.07) is 7.95. The second kappa shape index (κ2) is 11.3. The number of rotatable bonds is 10. The van der Waals surface area contributed by atoms with E-state index in [2.05, 4.69) is 35.3 Å². The third kappa shape index (κ3) is 5.61. The van der Waals surface area contributed by atoms with E-state index >= 15 is 0 Å². The summed E-state index contributed by atoms with van der Waals surface area (Å²) in [5, 5.41) is 6.89. The Morgan fingerprint density at radius 3 is 2.50 bits per heavy atom. The van der Waals surface area contributed by atoms with Gasteiger partial charge in [0.25, 0.3) is 0 Å². The van der Waals surface area contributed by atoms with Gasteiger partial charge in [0.05, 0.1) is 13.2 Å². The zero-order valence-corrected chi connectivity index (χ0v) is 21.5. The second-order valence-corrected chi connectivity index (χ2v) is 10.5. The molecule has 1 saturated heterocycles. The number of aryl methyl sites for hydroxylation is 2. The number of hydrogen-bond acceptors (Lipinski definition) is 7. The van der Waals surface area contributed by atoms with E-state index in [0.717, 1.165) is 24.4 Å². The van der Waals surface area contributed by atoms with E-state index in [-0.39, 0.29) is 28.5 Å². The summed E-state index contributed by atoms with van der Waals surface area (Å²) in [5.74, 6) is 0.818. The van der Waals surface area contributed by atoms with E-state index in [9.17, 15) is 13.2 Å². The van der Waals surface area contributed by atoms with Gasteiger partial charge < -0.3 is 14.6 Å². The van der Waals surface area contributed by atoms with Crippen LogP contribution >= 0.6 is 0 Å². The Bertz CT molecular complexity index is 1050. The van der Waals surface area contributed by atoms with E-state index in [1.165, 1.54) is 4.31 Å². The summed E-state index contributed by atoms with van der Waals surface area (Å²) >= 11 is 0. The first-order valence-corrected chi connectivity index (χ1v) is 13.3. The van der Waals surface area contributed by atoms with Gasteiger partial charge >= 0.3 is 0 Å². The molecule has 1 N–H and O–H groups in total. The first-order valence-electron chi connectivity index (χ1n) is 11.8. The number of benzene rings is 1. The SMILES string of the molecule is CCN(CC)C(CNC(=O)C1CCN(S(=O)(=O)c2c(C)noc2C)CC1)c1cccc(OC)c1. The largest absolute Gasteiger partial charge is 0.497 e. The van der Waals surface area contributed by atoms with E-state index in [0.29, 0.717) is 38.2 Å². The van der Waals surface area contributed by atoms with Crippen LogP contribution in [0.15, 0.2) is 33.7 Å². The quantitative estimate of drug-likeness (QED) is 0.544. The van der Waals surface area contributed by atoms with Crippen LogP contribution in [0.5, 0.6) is 5.75 Å². The van der Waals surface area contributed by atoms with Crippen LogP contribution in [-0.4, -0.2) is 68.5 Å². The Labute approximate surface area is 202 Å². The lowest BCUT2D eigenvalue weighted by atomic mass is 9.97. The molecule has 1 fully saturated rings. The maximum atomic E-state index is 13.0. The molecule has 3 rings (SSSR count). The van der Waals surface area contributed by atoms with Crippen molar-refractivity contribution in [2.24, 2.45) is 5.92 Å². The fraction of sp³-hybridized carbons (Fsp3) is 0.583. The number of aromatic nitrogens is 1. The van der Waals surface area contributed by atoms with Gasteiger partial charge in [0.2, 0.25) is 15.9 Å². The predicted octanol–water partition coefficient (Wildman–Crippen LogP) is 2.90. The minimum absolute atomic E-state index is 0.0223. The van der Waals surface area contributed by atoms with E-state index in [1.807, 2.05) is 18.2 Å². The zero-order chi connectivity index (χ0) is 24.9. The molecule has 0 saturated carbocycles. The fourth-order valence-corrected chi connectivity index (χ4v) is 6.40. The van der Waals surface area contributed by atoms with Gasteiger partial charge in [-0.2, -0.15) is 4.31 Å². The Kier molecular flexibility index (Phi) is 8.72. The highest BCUT2D eigenvalue weighted by Gasteiger charge is 2.35. The van der Waals surface area contributed by atoms with Crippen LogP contribution in [0, 0.1) is 19.8 Å². The number of amides is 1. The molecule has 0 spiro atoms. The number of ether oxygens (including phenoxy) is 1. The highest BCUT2D eigenvalue weighted by molar-refractivity contribution is 7.89. The first-order chi connectivity index (χ1) is 16.2. The average molecular weight is 493 g/mol. The number of methoxy groups -OCH3 is 1. The Balaban J connectivity index is 1.63. The van der Waals surface area contributed by atoms with Gasteiger partial charge in [0.1, 0.15) is 16.3 Å². The molecule has 1 atom stereocenters. The molecule has 34 heavy (non-hydrogen) atoms. The minimum Gasteiger partial charge on any atom is -0.497 e. The van der Waals surface area contributed by atoms with Crippen molar-refractivity contribution in [1.82, 2.24) is 19.7 Å². The molecule has 10 heteroatoms. The molecule has 2 heterocycles. The summed E-state index contributed by atoms with van der Waals surface area (Å²) in [5.41, 5.74) is 1.45. The summed E-state index contributed by atoms with van der Waals surface area (Å²) in [7, 11) is -2.04. The van der Waals surface area contributed by atoms with Crippen molar-refractivity contribution < 1.29 is 22.5 Å². The van der Waals surface area contributed by atoms with Gasteiger partial charge in [-0.05, 0) is 57.5 Å². The molecule has 188 valence electrons. The van der Waals surface area contributed by atoms with Crippen LogP contribution in [0.1, 0.15) is 49.7 Å². The lowest BCUT2D eigenvalue weighted by molar-refractivity contribution is -0.126. The van der Waals surface area contributed by atoms with Crippen molar-refractivity contribution in [2.45, 2.75) is 51.5 Å². The van der Waals surface area contributed by atoms with Gasteiger partial charge in [0, 0.05) is 25.6 Å². The van der Waals surface area contributed by atoms with Crippen molar-refractivity contribution in [1.29, 1.82) is 0 Å². The molecule has 9 nitrogen and oxygen atoms in total. The highest BCUT2D eigenvalue weighted by Crippen LogP contribution is 2.28. The standard InChI is InChI=1S/C24H36N4O5S/c1-6-27(7-2)22(20-9-8-10-21(15-20)32-5)16-25-24(29)19-11-13-28(14-12-19)34(30,31)23-17(3)26-33-18(23)4/h8-10,15,19,22H,6-7,11-14,16H2,1-5H3,(H,25,29). The summed E-state index contributed by atoms with van der Waals surface area (Å²) < 4.78 is 37.9. The van der Waals surface area contributed by atoms with Crippen LogP contribution < -0.4 is 10.1 Å². The molecular weight excluding hydrogens is 456 g/mol. The Morgan fingerprint density at radius 2 is 1.94 bits per heavy atom. The number of nitrogens with zero attached hydrogens (tertiary/aromatic N) is 3. The van der Waals surface area contributed by atoms with Crippen LogP contribution in [0.25, 0.3) is 0 Å². The number of piperidine rings is 1. The van der Waals surface area contributed by atoms with Crippen LogP contribution in [0.4, 0.5) is 0 Å². The normalized spacial score (nSPS) is 16.5. The maximum Gasteiger partial charge on any atom is 0.248 e. The van der Waals surface area contributed by atoms with Gasteiger partial charge in [0.15, 0.2) is 5.76 Å². The average Bonchev–Trinajstić information content (AvgIpc) is 3.20. The summed E-state index contributed by atoms with van der Waals surface area (Å²) in [6.45, 7) is 10.2. The molecule has 0 radical (unpaired) electrons. The predicted molar refractivity (Wildman–Crippen MR) is 129 cm³/mol. The topological polar surface area (TPSA) is 105 Å².